The Bertz CT molecular complexity index is 6150. The van der Waals surface area contributed by atoms with Crippen molar-refractivity contribution in [2.45, 2.75) is 5.41 Å². The minimum Gasteiger partial charge on any atom is -0.455 e. The maximum absolute atomic E-state index is 11.1. The molecule has 1 aromatic heterocycles. The summed E-state index contributed by atoms with van der Waals surface area (Å²) in [6.07, 6.45) is 0. The molecule has 0 saturated heterocycles. The van der Waals surface area contributed by atoms with Gasteiger partial charge in [-0.2, -0.15) is 0 Å². The largest absolute Gasteiger partial charge is 0.455 e. The van der Waals surface area contributed by atoms with Gasteiger partial charge < -0.3 is 9.32 Å². The second-order valence-corrected chi connectivity index (χ2v) is 14.3. The first-order chi connectivity index (χ1) is 51.1. The van der Waals surface area contributed by atoms with E-state index in [1.165, 1.54) is 0 Å². The van der Waals surface area contributed by atoms with E-state index in [4.69, 9.17) is 31.8 Å². The van der Waals surface area contributed by atoms with E-state index in [-0.39, 0.29) is 4.90 Å². The first-order valence-electron chi connectivity index (χ1n) is 41.1. The predicted octanol–water partition coefficient (Wildman–Crippen LogP) is 17.6. The monoisotopic (exact) mass is 897 g/mol. The Labute approximate surface area is 450 Å². The number of anilines is 3. The standard InChI is InChI=1S/C65H43NO/c1-5-17-44(18-6-1)46-29-31-49(32-30-46)55-41-42-61(62-58-39-35-48-21-13-14-26-54(48)63(58)67-64(55)62)66(52-36-33-47(34-37-52)45-19-7-2-8-20-45)53-38-40-57-56-27-15-16-28-59(56)65(60(57)43-53,50-22-9-3-10-23-50)51-24-11-4-12-25-51/h1-43H/i1D,2D,3D,4D,5D,6D,7D,8D,9D,10D,11D,12D,13D,14D,15D,16D,17D,18D,19D,20D,21D,22D,23D,24D,25D,26D,27D,28D,29D,30D,31D,32D,33D,34D,35D,36D,37D,38D,39D,40D,41D,42D,43D. The SMILES string of the molecule is [2H]c1c([2H])c([2H])c(-c2c([2H])c([2H])c(-c3c([2H])c([2H])c(N(c4c([2H])c([2H])c(-c5c([2H])c([2H])c([2H])c([2H])c5[2H])c([2H])c4[2H])c4c([2H])c([2H])c5c(c4[2H])C(c4c([2H])c([2H])c([2H])c([2H])c4[2H])(c4c([2H])c([2H])c([2H])c([2H])c4[2H])c4c([2H])c([2H])c([2H])c([2H])c4-5)c4c3oc3c5c([2H])c([2H])c([2H])c([2H])c5c([2H])c([2H])c34)c([2H])c2[2H])c([2H])c1[2H]. The molecule has 2 nitrogen and oxygen atoms in total. The third-order valence-electron chi connectivity index (χ3n) is 10.8. The summed E-state index contributed by atoms with van der Waals surface area (Å²) in [7, 11) is 0. The Kier molecular flexibility index (Phi) is 3.51. The highest BCUT2D eigenvalue weighted by atomic mass is 16.3. The van der Waals surface area contributed by atoms with Gasteiger partial charge in [-0.05, 0) is 109 Å². The lowest BCUT2D eigenvalue weighted by atomic mass is 9.67. The minimum absolute atomic E-state index is 0.174. The predicted molar refractivity (Wildman–Crippen MR) is 280 cm³/mol. The lowest BCUT2D eigenvalue weighted by molar-refractivity contribution is 0.674. The molecule has 0 amide bonds. The molecule has 0 bridgehead atoms. The third kappa shape index (κ3) is 6.18. The van der Waals surface area contributed by atoms with Gasteiger partial charge >= 0.3 is 0 Å². The van der Waals surface area contributed by atoms with Gasteiger partial charge in [0.15, 0.2) is 0 Å². The van der Waals surface area contributed by atoms with Crippen molar-refractivity contribution in [3.63, 3.8) is 0 Å². The van der Waals surface area contributed by atoms with E-state index in [1.54, 1.807) is 0 Å². The Morgan fingerprint density at radius 3 is 1.52 bits per heavy atom. The van der Waals surface area contributed by atoms with Crippen LogP contribution in [0.1, 0.15) is 81.2 Å². The number of hydrogen-bond acceptors (Lipinski definition) is 2. The van der Waals surface area contributed by atoms with Crippen LogP contribution in [-0.2, 0) is 5.41 Å². The van der Waals surface area contributed by atoms with Gasteiger partial charge in [-0.3, -0.25) is 0 Å². The molecule has 314 valence electrons. The maximum atomic E-state index is 11.1. The number of nitrogens with zero attached hydrogens (tertiary/aromatic N) is 1. The highest BCUT2D eigenvalue weighted by molar-refractivity contribution is 6.22. The molecule has 1 aliphatic carbocycles. The smallest absolute Gasteiger partial charge is 0.145 e. The average Bonchev–Trinajstić information content (AvgIpc) is 1.48. The molecule has 2 heteroatoms. The van der Waals surface area contributed by atoms with Crippen LogP contribution in [0, 0.1) is 0 Å². The second-order valence-electron chi connectivity index (χ2n) is 14.3. The van der Waals surface area contributed by atoms with Crippen LogP contribution in [-0.4, -0.2) is 0 Å². The molecule has 0 radical (unpaired) electrons. The number of furan rings is 1. The van der Waals surface area contributed by atoms with Crippen LogP contribution in [0.3, 0.4) is 0 Å². The van der Waals surface area contributed by atoms with Crippen molar-refractivity contribution < 1.29 is 63.4 Å². The first kappa shape index (κ1) is 14.9. The van der Waals surface area contributed by atoms with Crippen LogP contribution >= 0.6 is 0 Å². The third-order valence-corrected chi connectivity index (χ3v) is 10.8. The van der Waals surface area contributed by atoms with Crippen LogP contribution in [0.15, 0.2) is 264 Å². The van der Waals surface area contributed by atoms with Crippen LogP contribution < -0.4 is 4.90 Å². The van der Waals surface area contributed by atoms with Crippen LogP contribution in [0.25, 0.3) is 77.2 Å². The zero-order chi connectivity index (χ0) is 81.7. The quantitative estimate of drug-likeness (QED) is 0.151. The Balaban J connectivity index is 1.36. The van der Waals surface area contributed by atoms with Gasteiger partial charge in [-0.1, -0.05) is 218 Å². The van der Waals surface area contributed by atoms with Crippen LogP contribution in [0.5, 0.6) is 0 Å². The summed E-state index contributed by atoms with van der Waals surface area (Å²) in [6, 6.07) is -54.0. The van der Waals surface area contributed by atoms with Crippen molar-refractivity contribution in [3.8, 4) is 44.5 Å². The molecule has 1 aliphatic rings. The van der Waals surface area contributed by atoms with Gasteiger partial charge in [0.05, 0.1) is 75.4 Å². The van der Waals surface area contributed by atoms with Gasteiger partial charge in [0.1, 0.15) is 11.2 Å². The van der Waals surface area contributed by atoms with Gasteiger partial charge in [0, 0.05) is 27.7 Å². The molecule has 0 unspecified atom stereocenters. The molecule has 0 saturated carbocycles. The summed E-state index contributed by atoms with van der Waals surface area (Å²) in [5.41, 5.74) is -23.6. The van der Waals surface area contributed by atoms with E-state index in [1.807, 2.05) is 0 Å². The molecule has 67 heavy (non-hydrogen) atoms. The molecule has 0 spiro atoms. The van der Waals surface area contributed by atoms with Crippen LogP contribution in [0.2, 0.25) is 0 Å². The molecule has 0 N–H and O–H groups in total. The minimum atomic E-state index is -3.68. The summed E-state index contributed by atoms with van der Waals surface area (Å²) >= 11 is 0. The van der Waals surface area contributed by atoms with E-state index < -0.39 is 382 Å². The van der Waals surface area contributed by atoms with Crippen molar-refractivity contribution >= 4 is 49.8 Å². The Morgan fingerprint density at radius 2 is 0.851 bits per heavy atom. The maximum Gasteiger partial charge on any atom is 0.145 e. The van der Waals surface area contributed by atoms with Crippen molar-refractivity contribution in [3.05, 3.63) is 282 Å². The first-order valence-corrected chi connectivity index (χ1v) is 19.6. The number of benzene rings is 11. The van der Waals surface area contributed by atoms with E-state index in [2.05, 4.69) is 0 Å². The van der Waals surface area contributed by atoms with Gasteiger partial charge in [0.2, 0.25) is 0 Å². The van der Waals surface area contributed by atoms with Crippen molar-refractivity contribution in [2.75, 3.05) is 4.90 Å². The van der Waals surface area contributed by atoms with E-state index in [0.29, 0.717) is 0 Å². The summed E-state index contributed by atoms with van der Waals surface area (Å²) in [6.45, 7) is 0. The fraction of sp³-hybridized carbons (Fsp3) is 0.0154. The van der Waals surface area contributed by atoms with Crippen molar-refractivity contribution in [2.24, 2.45) is 0 Å². The van der Waals surface area contributed by atoms with E-state index in [0.717, 1.165) is 0 Å². The summed E-state index contributed by atoms with van der Waals surface area (Å²) in [5, 5.41) is -3.76. The fourth-order valence-corrected chi connectivity index (χ4v) is 7.99. The molecule has 12 aromatic rings. The van der Waals surface area contributed by atoms with Crippen LogP contribution in [0.4, 0.5) is 17.1 Å². The average molecular weight is 897 g/mol. The second kappa shape index (κ2) is 15.8. The molecule has 11 aromatic carbocycles. The summed E-state index contributed by atoms with van der Waals surface area (Å²) < 4.78 is 410. The fourth-order valence-electron chi connectivity index (χ4n) is 7.99. The number of rotatable bonds is 8. The highest BCUT2D eigenvalue weighted by Gasteiger charge is 2.46. The molecule has 0 aliphatic heterocycles. The lowest BCUT2D eigenvalue weighted by Gasteiger charge is -2.35. The molecular formula is C65H43NO. The zero-order valence-corrected chi connectivity index (χ0v) is 33.4. The van der Waals surface area contributed by atoms with Crippen molar-refractivity contribution in [1.82, 2.24) is 0 Å². The summed E-state index contributed by atoms with van der Waals surface area (Å²) in [5.74, 6) is 0. The zero-order valence-electron chi connectivity index (χ0n) is 76.4. The number of fused-ring (bicyclic) bond motifs is 8. The lowest BCUT2D eigenvalue weighted by Crippen LogP contribution is -2.28. The molecular weight excluding hydrogens is 811 g/mol. The topological polar surface area (TPSA) is 16.4 Å². The normalized spacial score (nSPS) is 21.6. The Hall–Kier alpha value is -8.72. The van der Waals surface area contributed by atoms with E-state index >= 15 is 0 Å². The highest BCUT2D eigenvalue weighted by Crippen LogP contribution is 2.58. The van der Waals surface area contributed by atoms with Crippen molar-refractivity contribution in [1.29, 1.82) is 0 Å². The van der Waals surface area contributed by atoms with Gasteiger partial charge in [0.25, 0.3) is 0 Å². The number of hydrogen-bond donors (Lipinski definition) is 0. The van der Waals surface area contributed by atoms with Gasteiger partial charge in [-0.15, -0.1) is 0 Å². The molecule has 0 atom stereocenters. The molecule has 0 fully saturated rings. The summed E-state index contributed by atoms with van der Waals surface area (Å²) in [4.78, 5) is 0.174. The van der Waals surface area contributed by atoms with Gasteiger partial charge in [-0.25, -0.2) is 0 Å². The Morgan fingerprint density at radius 1 is 0.343 bits per heavy atom. The molecule has 13 rings (SSSR count). The van der Waals surface area contributed by atoms with E-state index in [9.17, 15) is 31.5 Å². The molecule has 1 heterocycles.